The summed E-state index contributed by atoms with van der Waals surface area (Å²) < 4.78 is 1.23. The fourth-order valence-electron chi connectivity index (χ4n) is 4.02. The van der Waals surface area contributed by atoms with Crippen LogP contribution in [0, 0.1) is 6.92 Å². The number of aryl methyl sites for hydroxylation is 1. The SMILES string of the molecule is Cc1nc2ccc(Cl)cc2cc1C(=O)N1CCC(c2nc3ccccc3s2)CC1. The lowest BCUT2D eigenvalue weighted by Crippen LogP contribution is -2.38. The molecule has 29 heavy (non-hydrogen) atoms. The highest BCUT2D eigenvalue weighted by molar-refractivity contribution is 7.18. The highest BCUT2D eigenvalue weighted by Crippen LogP contribution is 2.34. The molecule has 2 aromatic heterocycles. The van der Waals surface area contributed by atoms with Crippen molar-refractivity contribution in [3.05, 3.63) is 69.8 Å². The van der Waals surface area contributed by atoms with Gasteiger partial charge >= 0.3 is 0 Å². The summed E-state index contributed by atoms with van der Waals surface area (Å²) in [5.74, 6) is 0.478. The third kappa shape index (κ3) is 3.49. The number of thiazole rings is 1. The van der Waals surface area contributed by atoms with Gasteiger partial charge in [0.15, 0.2) is 0 Å². The van der Waals surface area contributed by atoms with Crippen LogP contribution in [0.15, 0.2) is 48.5 Å². The lowest BCUT2D eigenvalue weighted by Gasteiger charge is -2.31. The van der Waals surface area contributed by atoms with E-state index in [0.717, 1.165) is 48.0 Å². The van der Waals surface area contributed by atoms with Gasteiger partial charge in [0.05, 0.1) is 32.0 Å². The van der Waals surface area contributed by atoms with Crippen LogP contribution < -0.4 is 0 Å². The van der Waals surface area contributed by atoms with Crippen LogP contribution in [0.4, 0.5) is 0 Å². The first-order valence-electron chi connectivity index (χ1n) is 9.80. The first-order chi connectivity index (χ1) is 14.1. The zero-order chi connectivity index (χ0) is 20.0. The van der Waals surface area contributed by atoms with Crippen LogP contribution in [-0.2, 0) is 0 Å². The second-order valence-corrected chi connectivity index (χ2v) is 9.04. The van der Waals surface area contributed by atoms with Gasteiger partial charge in [-0.2, -0.15) is 0 Å². The van der Waals surface area contributed by atoms with Gasteiger partial charge in [-0.05, 0) is 56.2 Å². The molecular formula is C23H20ClN3OS. The van der Waals surface area contributed by atoms with Gasteiger partial charge in [0.1, 0.15) is 0 Å². The standard InChI is InChI=1S/C23H20ClN3OS/c1-14-18(13-16-12-17(24)6-7-19(16)25-14)23(28)27-10-8-15(9-11-27)22-26-20-4-2-3-5-21(20)29-22/h2-7,12-13,15H,8-11H2,1H3. The number of hydrogen-bond acceptors (Lipinski definition) is 4. The van der Waals surface area contributed by atoms with Crippen molar-refractivity contribution < 1.29 is 4.79 Å². The molecule has 0 N–H and O–H groups in total. The zero-order valence-electron chi connectivity index (χ0n) is 16.1. The quantitative estimate of drug-likeness (QED) is 0.409. The van der Waals surface area contributed by atoms with Crippen molar-refractivity contribution in [1.82, 2.24) is 14.9 Å². The molecule has 0 radical (unpaired) electrons. The smallest absolute Gasteiger partial charge is 0.255 e. The number of halogens is 1. The van der Waals surface area contributed by atoms with Gasteiger partial charge in [0.25, 0.3) is 5.91 Å². The first-order valence-corrected chi connectivity index (χ1v) is 11.0. The van der Waals surface area contributed by atoms with Gasteiger partial charge in [0, 0.05) is 29.4 Å². The number of amides is 1. The van der Waals surface area contributed by atoms with E-state index in [4.69, 9.17) is 16.6 Å². The number of nitrogens with zero attached hydrogens (tertiary/aromatic N) is 3. The van der Waals surface area contributed by atoms with Crippen molar-refractivity contribution in [3.8, 4) is 0 Å². The Morgan fingerprint density at radius 1 is 1.07 bits per heavy atom. The minimum absolute atomic E-state index is 0.0552. The Hall–Kier alpha value is -2.50. The monoisotopic (exact) mass is 421 g/mol. The van der Waals surface area contributed by atoms with Crippen molar-refractivity contribution >= 4 is 50.0 Å². The number of para-hydroxylation sites is 1. The summed E-state index contributed by atoms with van der Waals surface area (Å²) in [6.45, 7) is 3.38. The van der Waals surface area contributed by atoms with Crippen molar-refractivity contribution in [2.24, 2.45) is 0 Å². The predicted octanol–water partition coefficient (Wildman–Crippen LogP) is 5.83. The Balaban J connectivity index is 1.34. The average molecular weight is 422 g/mol. The van der Waals surface area contributed by atoms with Gasteiger partial charge in [0.2, 0.25) is 0 Å². The van der Waals surface area contributed by atoms with Crippen molar-refractivity contribution in [2.75, 3.05) is 13.1 Å². The molecule has 1 aliphatic rings. The Kier molecular flexibility index (Phi) is 4.72. The number of carbonyl (C=O) groups excluding carboxylic acids is 1. The van der Waals surface area contributed by atoms with Crippen LogP contribution in [0.25, 0.3) is 21.1 Å². The number of rotatable bonds is 2. The van der Waals surface area contributed by atoms with E-state index < -0.39 is 0 Å². The van der Waals surface area contributed by atoms with Crippen molar-refractivity contribution in [3.63, 3.8) is 0 Å². The number of benzene rings is 2. The van der Waals surface area contributed by atoms with Crippen LogP contribution in [-0.4, -0.2) is 33.9 Å². The van der Waals surface area contributed by atoms with Crippen LogP contribution in [0.2, 0.25) is 5.02 Å². The van der Waals surface area contributed by atoms with E-state index in [1.54, 1.807) is 11.3 Å². The van der Waals surface area contributed by atoms with Crippen LogP contribution in [0.1, 0.15) is 39.8 Å². The predicted molar refractivity (Wildman–Crippen MR) is 119 cm³/mol. The normalized spacial score (nSPS) is 15.3. The van der Waals surface area contributed by atoms with E-state index in [9.17, 15) is 4.79 Å². The molecule has 0 unspecified atom stereocenters. The minimum Gasteiger partial charge on any atom is -0.339 e. The van der Waals surface area contributed by atoms with E-state index in [0.29, 0.717) is 16.5 Å². The van der Waals surface area contributed by atoms with E-state index in [-0.39, 0.29) is 5.91 Å². The number of hydrogen-bond donors (Lipinski definition) is 0. The topological polar surface area (TPSA) is 46.1 Å². The van der Waals surface area contributed by atoms with Crippen molar-refractivity contribution in [1.29, 1.82) is 0 Å². The van der Waals surface area contributed by atoms with Gasteiger partial charge in [-0.25, -0.2) is 4.98 Å². The molecule has 1 aliphatic heterocycles. The third-order valence-corrected chi connectivity index (χ3v) is 7.07. The van der Waals surface area contributed by atoms with E-state index in [2.05, 4.69) is 23.2 Å². The molecule has 1 fully saturated rings. The Bertz CT molecular complexity index is 1190. The summed E-state index contributed by atoms with van der Waals surface area (Å²) in [7, 11) is 0. The second-order valence-electron chi connectivity index (χ2n) is 7.54. The first kappa shape index (κ1) is 18.5. The minimum atomic E-state index is 0.0552. The summed E-state index contributed by atoms with van der Waals surface area (Å²) in [5.41, 5.74) is 3.36. The molecule has 4 nitrogen and oxygen atoms in total. The molecule has 5 rings (SSSR count). The lowest BCUT2D eigenvalue weighted by atomic mass is 9.96. The van der Waals surface area contributed by atoms with Gasteiger partial charge < -0.3 is 4.90 Å². The summed E-state index contributed by atoms with van der Waals surface area (Å²) in [6.07, 6.45) is 1.88. The summed E-state index contributed by atoms with van der Waals surface area (Å²) >= 11 is 7.89. The molecule has 1 saturated heterocycles. The number of fused-ring (bicyclic) bond motifs is 2. The molecule has 2 aromatic carbocycles. The van der Waals surface area contributed by atoms with E-state index >= 15 is 0 Å². The van der Waals surface area contributed by atoms with Gasteiger partial charge in [-0.15, -0.1) is 11.3 Å². The number of piperidine rings is 1. The molecule has 4 aromatic rings. The van der Waals surface area contributed by atoms with Crippen LogP contribution in [0.3, 0.4) is 0 Å². The van der Waals surface area contributed by atoms with Gasteiger partial charge in [-0.3, -0.25) is 9.78 Å². The Morgan fingerprint density at radius 3 is 2.66 bits per heavy atom. The molecule has 146 valence electrons. The summed E-state index contributed by atoms with van der Waals surface area (Å²) in [6, 6.07) is 15.8. The lowest BCUT2D eigenvalue weighted by molar-refractivity contribution is 0.0712. The Morgan fingerprint density at radius 2 is 1.86 bits per heavy atom. The van der Waals surface area contributed by atoms with Crippen molar-refractivity contribution in [2.45, 2.75) is 25.7 Å². The zero-order valence-corrected chi connectivity index (χ0v) is 17.6. The summed E-state index contributed by atoms with van der Waals surface area (Å²) in [4.78, 5) is 24.5. The third-order valence-electron chi connectivity index (χ3n) is 5.64. The van der Waals surface area contributed by atoms with E-state index in [1.165, 1.54) is 9.71 Å². The van der Waals surface area contributed by atoms with Crippen LogP contribution >= 0.6 is 22.9 Å². The molecule has 6 heteroatoms. The average Bonchev–Trinajstić information content (AvgIpc) is 3.17. The maximum absolute atomic E-state index is 13.2. The largest absolute Gasteiger partial charge is 0.339 e. The Labute approximate surface area is 178 Å². The number of pyridine rings is 1. The number of aromatic nitrogens is 2. The van der Waals surface area contributed by atoms with Crippen LogP contribution in [0.5, 0.6) is 0 Å². The molecule has 0 aliphatic carbocycles. The van der Waals surface area contributed by atoms with E-state index in [1.807, 2.05) is 42.2 Å². The molecule has 0 spiro atoms. The number of likely N-dealkylation sites (tertiary alicyclic amines) is 1. The molecule has 3 heterocycles. The molecule has 0 saturated carbocycles. The highest BCUT2D eigenvalue weighted by atomic mass is 35.5. The van der Waals surface area contributed by atoms with Gasteiger partial charge in [-0.1, -0.05) is 23.7 Å². The molecule has 0 bridgehead atoms. The molecule has 1 amide bonds. The highest BCUT2D eigenvalue weighted by Gasteiger charge is 2.27. The molecule has 0 atom stereocenters. The summed E-state index contributed by atoms with van der Waals surface area (Å²) in [5, 5.41) is 2.74. The molecular weight excluding hydrogens is 402 g/mol. The second kappa shape index (κ2) is 7.39. The number of carbonyl (C=O) groups is 1. The fourth-order valence-corrected chi connectivity index (χ4v) is 5.34. The fraction of sp³-hybridized carbons (Fsp3) is 0.261. The maximum atomic E-state index is 13.2. The maximum Gasteiger partial charge on any atom is 0.255 e.